The predicted octanol–water partition coefficient (Wildman–Crippen LogP) is 3.54. The number of thiazole rings is 1. The van der Waals surface area contributed by atoms with Crippen LogP contribution in [0.3, 0.4) is 0 Å². The summed E-state index contributed by atoms with van der Waals surface area (Å²) in [5.74, 6) is 0.648. The number of nitrogens with zero attached hydrogens (tertiary/aromatic N) is 2. The molecule has 1 aliphatic rings. The Morgan fingerprint density at radius 2 is 1.86 bits per heavy atom. The molecule has 28 heavy (non-hydrogen) atoms. The van der Waals surface area contributed by atoms with Gasteiger partial charge in [0.25, 0.3) is 5.19 Å². The molecule has 146 valence electrons. The van der Waals surface area contributed by atoms with Gasteiger partial charge in [0, 0.05) is 18.1 Å². The zero-order valence-electron chi connectivity index (χ0n) is 14.8. The van der Waals surface area contributed by atoms with Crippen molar-refractivity contribution in [3.05, 3.63) is 53.1 Å². The van der Waals surface area contributed by atoms with Crippen LogP contribution in [0.4, 0.5) is 0 Å². The number of carbonyl (C=O) groups is 1. The first-order valence-electron chi connectivity index (χ1n) is 8.69. The molecule has 9 heteroatoms. The molecule has 0 spiro atoms. The van der Waals surface area contributed by atoms with Gasteiger partial charge < -0.3 is 9.64 Å². The van der Waals surface area contributed by atoms with Crippen molar-refractivity contribution in [3.8, 4) is 10.9 Å². The van der Waals surface area contributed by atoms with Crippen molar-refractivity contribution < 1.29 is 17.9 Å². The van der Waals surface area contributed by atoms with Gasteiger partial charge in [-0.25, -0.2) is 13.4 Å². The standard InChI is InChI=1S/C19H17ClN2O4S2/c20-14-3-6-16-17(12-14)27-19(21-16)26-15-4-1-13(2-5-15)11-18(23)22-7-9-28(24,25)10-8-22/h1-6,12H,7-11H2. The minimum Gasteiger partial charge on any atom is -0.431 e. The second-order valence-electron chi connectivity index (χ2n) is 6.55. The quantitative estimate of drug-likeness (QED) is 0.625. The molecule has 2 aromatic carbocycles. The third-order valence-corrected chi connectivity index (χ3v) is 7.25. The number of halogens is 1. The van der Waals surface area contributed by atoms with Crippen LogP contribution in [0.1, 0.15) is 5.56 Å². The maximum atomic E-state index is 12.4. The van der Waals surface area contributed by atoms with Crippen LogP contribution in [0.15, 0.2) is 42.5 Å². The summed E-state index contributed by atoms with van der Waals surface area (Å²) in [5, 5.41) is 1.18. The van der Waals surface area contributed by atoms with Gasteiger partial charge in [0.15, 0.2) is 9.84 Å². The van der Waals surface area contributed by atoms with Crippen molar-refractivity contribution in [2.75, 3.05) is 24.6 Å². The lowest BCUT2D eigenvalue weighted by Gasteiger charge is -2.26. The van der Waals surface area contributed by atoms with Crippen molar-refractivity contribution in [1.82, 2.24) is 9.88 Å². The fourth-order valence-electron chi connectivity index (χ4n) is 2.95. The lowest BCUT2D eigenvalue weighted by molar-refractivity contribution is -0.130. The molecule has 0 N–H and O–H groups in total. The van der Waals surface area contributed by atoms with E-state index in [9.17, 15) is 13.2 Å². The minimum absolute atomic E-state index is 0.0406. The second-order valence-corrected chi connectivity index (χ2v) is 10.3. The Labute approximate surface area is 171 Å². The summed E-state index contributed by atoms with van der Waals surface area (Å²) in [5.41, 5.74) is 1.68. The highest BCUT2D eigenvalue weighted by molar-refractivity contribution is 7.91. The van der Waals surface area contributed by atoms with E-state index in [1.807, 2.05) is 24.3 Å². The number of hydrogen-bond donors (Lipinski definition) is 0. The van der Waals surface area contributed by atoms with E-state index in [0.29, 0.717) is 16.0 Å². The van der Waals surface area contributed by atoms with E-state index in [0.717, 1.165) is 15.8 Å². The van der Waals surface area contributed by atoms with Gasteiger partial charge in [0.2, 0.25) is 5.91 Å². The molecule has 0 unspecified atom stereocenters. The summed E-state index contributed by atoms with van der Waals surface area (Å²) in [4.78, 5) is 18.4. The lowest BCUT2D eigenvalue weighted by Crippen LogP contribution is -2.44. The van der Waals surface area contributed by atoms with E-state index in [4.69, 9.17) is 16.3 Å². The van der Waals surface area contributed by atoms with Gasteiger partial charge in [-0.05, 0) is 35.9 Å². The number of ether oxygens (including phenoxy) is 1. The van der Waals surface area contributed by atoms with E-state index >= 15 is 0 Å². The van der Waals surface area contributed by atoms with Crippen LogP contribution in [0.25, 0.3) is 10.2 Å². The number of carbonyl (C=O) groups excluding carboxylic acids is 1. The first-order chi connectivity index (χ1) is 13.4. The molecular formula is C19H17ClN2O4S2. The van der Waals surface area contributed by atoms with Crippen LogP contribution in [0.2, 0.25) is 5.02 Å². The van der Waals surface area contributed by atoms with E-state index in [1.165, 1.54) is 11.3 Å². The molecule has 1 fully saturated rings. The molecule has 0 atom stereocenters. The predicted molar refractivity (Wildman–Crippen MR) is 110 cm³/mol. The Balaban J connectivity index is 1.38. The highest BCUT2D eigenvalue weighted by Gasteiger charge is 2.24. The first kappa shape index (κ1) is 19.2. The summed E-state index contributed by atoms with van der Waals surface area (Å²) in [6, 6.07) is 12.7. The zero-order valence-corrected chi connectivity index (χ0v) is 17.2. The first-order valence-corrected chi connectivity index (χ1v) is 11.7. The van der Waals surface area contributed by atoms with Gasteiger partial charge in [-0.2, -0.15) is 0 Å². The summed E-state index contributed by atoms with van der Waals surface area (Å²) in [7, 11) is -2.99. The molecule has 1 aromatic heterocycles. The Kier molecular flexibility index (Phi) is 5.27. The van der Waals surface area contributed by atoms with Crippen molar-refractivity contribution in [2.45, 2.75) is 6.42 Å². The van der Waals surface area contributed by atoms with Crippen LogP contribution in [-0.2, 0) is 21.1 Å². The number of aromatic nitrogens is 1. The summed E-state index contributed by atoms with van der Waals surface area (Å²) < 4.78 is 29.7. The molecule has 0 aliphatic carbocycles. The number of sulfone groups is 1. The van der Waals surface area contributed by atoms with Gasteiger partial charge in [-0.3, -0.25) is 4.79 Å². The SMILES string of the molecule is O=C(Cc1ccc(Oc2nc3ccc(Cl)cc3s2)cc1)N1CCS(=O)(=O)CC1. The van der Waals surface area contributed by atoms with Crippen LogP contribution in [0.5, 0.6) is 10.9 Å². The molecule has 0 saturated carbocycles. The largest absolute Gasteiger partial charge is 0.431 e. The summed E-state index contributed by atoms with van der Waals surface area (Å²) >= 11 is 7.41. The van der Waals surface area contributed by atoms with E-state index in [2.05, 4.69) is 4.98 Å². The topological polar surface area (TPSA) is 76.6 Å². The molecule has 6 nitrogen and oxygen atoms in total. The molecule has 0 radical (unpaired) electrons. The highest BCUT2D eigenvalue weighted by atomic mass is 35.5. The molecular weight excluding hydrogens is 420 g/mol. The van der Waals surface area contributed by atoms with Gasteiger partial charge in [-0.1, -0.05) is 35.1 Å². The van der Waals surface area contributed by atoms with E-state index in [1.54, 1.807) is 23.1 Å². The van der Waals surface area contributed by atoms with E-state index in [-0.39, 0.29) is 36.9 Å². The molecule has 1 aliphatic heterocycles. The fourth-order valence-corrected chi connectivity index (χ4v) is 5.26. The van der Waals surface area contributed by atoms with Crippen LogP contribution in [-0.4, -0.2) is 48.8 Å². The Hall–Kier alpha value is -2.16. The van der Waals surface area contributed by atoms with Gasteiger partial charge in [-0.15, -0.1) is 0 Å². The fraction of sp³-hybridized carbons (Fsp3) is 0.263. The molecule has 4 rings (SSSR count). The average Bonchev–Trinajstić information content (AvgIpc) is 3.04. The number of fused-ring (bicyclic) bond motifs is 1. The maximum absolute atomic E-state index is 12.4. The smallest absolute Gasteiger partial charge is 0.279 e. The summed E-state index contributed by atoms with van der Waals surface area (Å²) in [6.07, 6.45) is 0.236. The Morgan fingerprint density at radius 1 is 1.14 bits per heavy atom. The number of rotatable bonds is 4. The summed E-state index contributed by atoms with van der Waals surface area (Å²) in [6.45, 7) is 0.536. The Morgan fingerprint density at radius 3 is 2.57 bits per heavy atom. The van der Waals surface area contributed by atoms with Gasteiger partial charge >= 0.3 is 0 Å². The third kappa shape index (κ3) is 4.45. The molecule has 1 amide bonds. The van der Waals surface area contributed by atoms with Crippen LogP contribution < -0.4 is 4.74 Å². The molecule has 1 saturated heterocycles. The van der Waals surface area contributed by atoms with Gasteiger partial charge in [0.1, 0.15) is 5.75 Å². The molecule has 2 heterocycles. The molecule has 0 bridgehead atoms. The minimum atomic E-state index is -2.99. The average molecular weight is 437 g/mol. The van der Waals surface area contributed by atoms with Crippen LogP contribution >= 0.6 is 22.9 Å². The third-order valence-electron chi connectivity index (χ3n) is 4.51. The number of benzene rings is 2. The van der Waals surface area contributed by atoms with Gasteiger partial charge in [0.05, 0.1) is 28.1 Å². The highest BCUT2D eigenvalue weighted by Crippen LogP contribution is 2.32. The number of hydrogen-bond acceptors (Lipinski definition) is 6. The molecule has 3 aromatic rings. The van der Waals surface area contributed by atoms with Crippen molar-refractivity contribution >= 4 is 48.9 Å². The lowest BCUT2D eigenvalue weighted by atomic mass is 10.1. The monoisotopic (exact) mass is 436 g/mol. The normalized spacial score (nSPS) is 16.2. The maximum Gasteiger partial charge on any atom is 0.279 e. The van der Waals surface area contributed by atoms with Crippen molar-refractivity contribution in [1.29, 1.82) is 0 Å². The van der Waals surface area contributed by atoms with Crippen LogP contribution in [0, 0.1) is 0 Å². The van der Waals surface area contributed by atoms with Crippen molar-refractivity contribution in [2.24, 2.45) is 0 Å². The Bertz CT molecular complexity index is 1110. The number of amides is 1. The second kappa shape index (κ2) is 7.69. The van der Waals surface area contributed by atoms with Crippen molar-refractivity contribution in [3.63, 3.8) is 0 Å². The van der Waals surface area contributed by atoms with E-state index < -0.39 is 9.84 Å². The zero-order chi connectivity index (χ0) is 19.7.